The minimum absolute atomic E-state index is 0.00815. The number of pyridine rings is 1. The molecule has 7 heteroatoms. The van der Waals surface area contributed by atoms with Crippen LogP contribution in [0.2, 0.25) is 0 Å². The lowest BCUT2D eigenvalue weighted by Gasteiger charge is -2.32. The third-order valence-electron chi connectivity index (χ3n) is 4.88. The van der Waals surface area contributed by atoms with E-state index in [1.807, 2.05) is 24.0 Å². The average Bonchev–Trinajstić information content (AvgIpc) is 3.22. The lowest BCUT2D eigenvalue weighted by molar-refractivity contribution is -0.0268. The number of nitrogens with zero attached hydrogens (tertiary/aromatic N) is 5. The van der Waals surface area contributed by atoms with Gasteiger partial charge in [-0.1, -0.05) is 0 Å². The summed E-state index contributed by atoms with van der Waals surface area (Å²) in [7, 11) is 0. The molecule has 26 heavy (non-hydrogen) atoms. The zero-order valence-corrected chi connectivity index (χ0v) is 15.0. The molecule has 2 aromatic heterocycles. The summed E-state index contributed by atoms with van der Waals surface area (Å²) in [5.74, 6) is 1.53. The van der Waals surface area contributed by atoms with Crippen molar-refractivity contribution >= 4 is 11.7 Å². The smallest absolute Gasteiger partial charge is 0.254 e. The van der Waals surface area contributed by atoms with Crippen molar-refractivity contribution in [1.29, 1.82) is 0 Å². The fraction of sp³-hybridized carbons (Fsp3) is 0.474. The summed E-state index contributed by atoms with van der Waals surface area (Å²) in [5.41, 5.74) is 1.57. The molecule has 1 amide bonds. The molecule has 2 fully saturated rings. The minimum Gasteiger partial charge on any atom is -0.367 e. The molecular formula is C19H23N5O2. The second-order valence-electron chi connectivity index (χ2n) is 6.76. The van der Waals surface area contributed by atoms with Gasteiger partial charge < -0.3 is 14.5 Å². The van der Waals surface area contributed by atoms with E-state index in [1.165, 1.54) is 12.8 Å². The Balaban J connectivity index is 1.50. The number of aryl methyl sites for hydroxylation is 1. The van der Waals surface area contributed by atoms with Crippen LogP contribution in [-0.2, 0) is 4.74 Å². The first-order chi connectivity index (χ1) is 12.7. The van der Waals surface area contributed by atoms with Crippen molar-refractivity contribution in [3.05, 3.63) is 47.7 Å². The van der Waals surface area contributed by atoms with Gasteiger partial charge in [-0.2, -0.15) is 0 Å². The molecule has 136 valence electrons. The third kappa shape index (κ3) is 3.53. The van der Waals surface area contributed by atoms with Crippen LogP contribution < -0.4 is 4.90 Å². The molecule has 0 saturated carbocycles. The van der Waals surface area contributed by atoms with E-state index in [9.17, 15) is 4.79 Å². The summed E-state index contributed by atoms with van der Waals surface area (Å²) < 4.78 is 5.80. The molecule has 0 N–H and O–H groups in total. The Morgan fingerprint density at radius 2 is 1.96 bits per heavy atom. The highest BCUT2D eigenvalue weighted by Crippen LogP contribution is 2.23. The summed E-state index contributed by atoms with van der Waals surface area (Å²) in [6.07, 6.45) is 5.53. The molecule has 4 heterocycles. The normalized spacial score (nSPS) is 20.4. The van der Waals surface area contributed by atoms with Crippen LogP contribution in [0, 0.1) is 6.92 Å². The number of hydrogen-bond donors (Lipinski definition) is 0. The molecule has 0 radical (unpaired) electrons. The fourth-order valence-electron chi connectivity index (χ4n) is 3.47. The van der Waals surface area contributed by atoms with Crippen molar-refractivity contribution in [2.75, 3.05) is 37.7 Å². The van der Waals surface area contributed by atoms with Gasteiger partial charge in [0.05, 0.1) is 13.2 Å². The molecule has 4 rings (SSSR count). The van der Waals surface area contributed by atoms with Gasteiger partial charge in [0.2, 0.25) is 0 Å². The predicted octanol–water partition coefficient (Wildman–Crippen LogP) is 1.99. The van der Waals surface area contributed by atoms with Gasteiger partial charge in [-0.15, -0.1) is 0 Å². The Morgan fingerprint density at radius 1 is 1.15 bits per heavy atom. The largest absolute Gasteiger partial charge is 0.367 e. The van der Waals surface area contributed by atoms with Crippen LogP contribution in [0.3, 0.4) is 0 Å². The van der Waals surface area contributed by atoms with Gasteiger partial charge in [0.1, 0.15) is 11.9 Å². The van der Waals surface area contributed by atoms with Crippen LogP contribution in [0.5, 0.6) is 0 Å². The fourth-order valence-corrected chi connectivity index (χ4v) is 3.47. The van der Waals surface area contributed by atoms with Gasteiger partial charge in [0.25, 0.3) is 5.91 Å². The van der Waals surface area contributed by atoms with E-state index < -0.39 is 0 Å². The van der Waals surface area contributed by atoms with E-state index in [1.54, 1.807) is 18.5 Å². The van der Waals surface area contributed by atoms with Gasteiger partial charge >= 0.3 is 0 Å². The molecule has 0 spiro atoms. The molecule has 2 saturated heterocycles. The maximum Gasteiger partial charge on any atom is 0.254 e. The number of amides is 1. The molecule has 0 aliphatic carbocycles. The van der Waals surface area contributed by atoms with E-state index in [0.717, 1.165) is 24.6 Å². The summed E-state index contributed by atoms with van der Waals surface area (Å²) in [6, 6.07) is 5.54. The molecule has 1 atom stereocenters. The molecule has 7 nitrogen and oxygen atoms in total. The monoisotopic (exact) mass is 353 g/mol. The minimum atomic E-state index is -0.285. The number of morpholine rings is 1. The summed E-state index contributed by atoms with van der Waals surface area (Å²) in [4.78, 5) is 30.2. The van der Waals surface area contributed by atoms with Crippen LogP contribution in [0.4, 0.5) is 5.82 Å². The zero-order chi connectivity index (χ0) is 17.9. The second kappa shape index (κ2) is 7.37. The maximum atomic E-state index is 13.0. The SMILES string of the molecule is Cc1ccnc([C@@H]2CN(C(=O)c3ccnc(N4CCCC4)c3)CCO2)n1. The average molecular weight is 353 g/mol. The first kappa shape index (κ1) is 16.9. The van der Waals surface area contributed by atoms with Gasteiger partial charge in [-0.3, -0.25) is 4.79 Å². The maximum absolute atomic E-state index is 13.0. The van der Waals surface area contributed by atoms with E-state index in [0.29, 0.717) is 31.1 Å². The van der Waals surface area contributed by atoms with E-state index in [2.05, 4.69) is 19.9 Å². The van der Waals surface area contributed by atoms with Crippen molar-refractivity contribution in [2.24, 2.45) is 0 Å². The van der Waals surface area contributed by atoms with Gasteiger partial charge in [-0.05, 0) is 38.0 Å². The topological polar surface area (TPSA) is 71.5 Å². The number of carbonyl (C=O) groups excluding carboxylic acids is 1. The van der Waals surface area contributed by atoms with Crippen molar-refractivity contribution in [3.8, 4) is 0 Å². The number of ether oxygens (including phenoxy) is 1. The van der Waals surface area contributed by atoms with Crippen molar-refractivity contribution in [2.45, 2.75) is 25.9 Å². The first-order valence-corrected chi connectivity index (χ1v) is 9.12. The van der Waals surface area contributed by atoms with Crippen LogP contribution in [0.25, 0.3) is 0 Å². The zero-order valence-electron chi connectivity index (χ0n) is 15.0. The standard InChI is InChI=1S/C19H23N5O2/c1-14-4-6-21-18(22-14)16-13-24(10-11-26-16)19(25)15-5-7-20-17(12-15)23-8-2-3-9-23/h4-7,12,16H,2-3,8-11,13H2,1H3/t16-/m0/s1. The van der Waals surface area contributed by atoms with E-state index in [4.69, 9.17) is 4.74 Å². The van der Waals surface area contributed by atoms with Crippen molar-refractivity contribution < 1.29 is 9.53 Å². The van der Waals surface area contributed by atoms with E-state index >= 15 is 0 Å². The summed E-state index contributed by atoms with van der Waals surface area (Å²) in [6.45, 7) is 5.46. The van der Waals surface area contributed by atoms with Crippen LogP contribution in [0.1, 0.15) is 40.8 Å². The molecule has 2 aromatic rings. The van der Waals surface area contributed by atoms with Gasteiger partial charge in [0, 0.05) is 43.3 Å². The highest BCUT2D eigenvalue weighted by Gasteiger charge is 2.28. The summed E-state index contributed by atoms with van der Waals surface area (Å²) >= 11 is 0. The highest BCUT2D eigenvalue weighted by atomic mass is 16.5. The number of hydrogen-bond acceptors (Lipinski definition) is 6. The third-order valence-corrected chi connectivity index (χ3v) is 4.88. The highest BCUT2D eigenvalue weighted by molar-refractivity contribution is 5.95. The van der Waals surface area contributed by atoms with Crippen LogP contribution in [-0.4, -0.2) is 58.5 Å². The Kier molecular flexibility index (Phi) is 4.79. The number of rotatable bonds is 3. The van der Waals surface area contributed by atoms with Crippen molar-refractivity contribution in [3.63, 3.8) is 0 Å². The Labute approximate surface area is 153 Å². The predicted molar refractivity (Wildman–Crippen MR) is 97.0 cm³/mol. The lowest BCUT2D eigenvalue weighted by atomic mass is 10.2. The molecule has 0 aromatic carbocycles. The quantitative estimate of drug-likeness (QED) is 0.840. The Bertz CT molecular complexity index is 791. The van der Waals surface area contributed by atoms with Crippen molar-refractivity contribution in [1.82, 2.24) is 19.9 Å². The number of carbonyl (C=O) groups is 1. The van der Waals surface area contributed by atoms with Crippen LogP contribution >= 0.6 is 0 Å². The molecule has 2 aliphatic heterocycles. The first-order valence-electron chi connectivity index (χ1n) is 9.12. The van der Waals surface area contributed by atoms with E-state index in [-0.39, 0.29) is 12.0 Å². The molecule has 2 aliphatic rings. The number of aromatic nitrogens is 3. The molecular weight excluding hydrogens is 330 g/mol. The molecule has 0 bridgehead atoms. The van der Waals surface area contributed by atoms with Gasteiger partial charge in [0.15, 0.2) is 5.82 Å². The molecule has 0 unspecified atom stereocenters. The van der Waals surface area contributed by atoms with Crippen LogP contribution in [0.15, 0.2) is 30.6 Å². The Hall–Kier alpha value is -2.54. The number of anilines is 1. The summed E-state index contributed by atoms with van der Waals surface area (Å²) in [5, 5.41) is 0. The second-order valence-corrected chi connectivity index (χ2v) is 6.76. The van der Waals surface area contributed by atoms with Gasteiger partial charge in [-0.25, -0.2) is 15.0 Å². The Morgan fingerprint density at radius 3 is 2.77 bits per heavy atom. The lowest BCUT2D eigenvalue weighted by Crippen LogP contribution is -2.42.